The van der Waals surface area contributed by atoms with Crippen molar-refractivity contribution in [3.05, 3.63) is 64.7 Å². The van der Waals surface area contributed by atoms with E-state index in [1.165, 1.54) is 7.11 Å². The molecule has 0 saturated heterocycles. The molecule has 0 unspecified atom stereocenters. The van der Waals surface area contributed by atoms with Gasteiger partial charge in [-0.25, -0.2) is 4.79 Å². The number of ether oxygens (including phenoxy) is 1. The van der Waals surface area contributed by atoms with Gasteiger partial charge in [0, 0.05) is 15.7 Å². The molecule has 0 radical (unpaired) electrons. The second kappa shape index (κ2) is 6.64. The van der Waals surface area contributed by atoms with Gasteiger partial charge in [-0.2, -0.15) is 0 Å². The Bertz CT molecular complexity index is 584. The Morgan fingerprint density at radius 1 is 1.21 bits per heavy atom. The SMILES string of the molecule is COC(=O)c1ccccc1CSc1cccc(Cl)c1. The van der Waals surface area contributed by atoms with Gasteiger partial charge in [-0.15, -0.1) is 11.8 Å². The fraction of sp³-hybridized carbons (Fsp3) is 0.133. The first kappa shape index (κ1) is 14.0. The van der Waals surface area contributed by atoms with E-state index in [1.54, 1.807) is 17.8 Å². The molecule has 2 nitrogen and oxygen atoms in total. The molecule has 0 aliphatic rings. The van der Waals surface area contributed by atoms with E-state index in [0.29, 0.717) is 16.3 Å². The number of hydrogen-bond donors (Lipinski definition) is 0. The molecule has 2 aromatic rings. The number of benzene rings is 2. The van der Waals surface area contributed by atoms with Crippen LogP contribution in [0.25, 0.3) is 0 Å². The predicted molar refractivity (Wildman–Crippen MR) is 78.8 cm³/mol. The first-order chi connectivity index (χ1) is 9.20. The van der Waals surface area contributed by atoms with Crippen LogP contribution in [-0.2, 0) is 10.5 Å². The van der Waals surface area contributed by atoms with E-state index in [4.69, 9.17) is 16.3 Å². The number of rotatable bonds is 4. The normalized spacial score (nSPS) is 10.2. The Labute approximate surface area is 121 Å². The maximum Gasteiger partial charge on any atom is 0.338 e. The van der Waals surface area contributed by atoms with Gasteiger partial charge in [-0.3, -0.25) is 0 Å². The van der Waals surface area contributed by atoms with Crippen molar-refractivity contribution in [3.8, 4) is 0 Å². The molecule has 0 atom stereocenters. The second-order valence-electron chi connectivity index (χ2n) is 3.89. The fourth-order valence-electron chi connectivity index (χ4n) is 1.67. The number of esters is 1. The van der Waals surface area contributed by atoms with Gasteiger partial charge in [-0.1, -0.05) is 35.9 Å². The van der Waals surface area contributed by atoms with Crippen molar-refractivity contribution in [1.82, 2.24) is 0 Å². The van der Waals surface area contributed by atoms with Gasteiger partial charge in [0.2, 0.25) is 0 Å². The summed E-state index contributed by atoms with van der Waals surface area (Å²) < 4.78 is 4.78. The molecule has 0 fully saturated rings. The van der Waals surface area contributed by atoms with Gasteiger partial charge in [-0.05, 0) is 29.8 Å². The van der Waals surface area contributed by atoms with Gasteiger partial charge in [0.1, 0.15) is 0 Å². The molecular weight excluding hydrogens is 280 g/mol. The van der Waals surface area contributed by atoms with Crippen molar-refractivity contribution in [1.29, 1.82) is 0 Å². The molecule has 2 rings (SSSR count). The fourth-order valence-corrected chi connectivity index (χ4v) is 2.89. The summed E-state index contributed by atoms with van der Waals surface area (Å²) in [6.07, 6.45) is 0. The molecule has 0 heterocycles. The molecule has 0 amide bonds. The zero-order valence-electron chi connectivity index (χ0n) is 10.4. The molecule has 0 aromatic heterocycles. The van der Waals surface area contributed by atoms with Crippen molar-refractivity contribution in [2.75, 3.05) is 7.11 Å². The van der Waals surface area contributed by atoms with Crippen LogP contribution < -0.4 is 0 Å². The van der Waals surface area contributed by atoms with E-state index in [1.807, 2.05) is 42.5 Å². The van der Waals surface area contributed by atoms with Crippen LogP contribution in [0, 0.1) is 0 Å². The van der Waals surface area contributed by atoms with Gasteiger partial charge >= 0.3 is 5.97 Å². The van der Waals surface area contributed by atoms with Crippen LogP contribution in [-0.4, -0.2) is 13.1 Å². The van der Waals surface area contributed by atoms with Crippen LogP contribution >= 0.6 is 23.4 Å². The molecule has 0 aliphatic heterocycles. The lowest BCUT2D eigenvalue weighted by Gasteiger charge is -2.07. The summed E-state index contributed by atoms with van der Waals surface area (Å²) >= 11 is 7.58. The topological polar surface area (TPSA) is 26.3 Å². The third-order valence-electron chi connectivity index (χ3n) is 2.61. The first-order valence-corrected chi connectivity index (χ1v) is 7.11. The predicted octanol–water partition coefficient (Wildman–Crippen LogP) is 4.42. The lowest BCUT2D eigenvalue weighted by Crippen LogP contribution is -2.04. The Morgan fingerprint density at radius 3 is 2.74 bits per heavy atom. The summed E-state index contributed by atoms with van der Waals surface area (Å²) in [4.78, 5) is 12.7. The lowest BCUT2D eigenvalue weighted by molar-refractivity contribution is 0.0600. The van der Waals surface area contributed by atoms with Crippen molar-refractivity contribution in [3.63, 3.8) is 0 Å². The van der Waals surface area contributed by atoms with E-state index in [0.717, 1.165) is 10.5 Å². The Kier molecular flexibility index (Phi) is 4.88. The zero-order valence-corrected chi connectivity index (χ0v) is 12.0. The average Bonchev–Trinajstić information content (AvgIpc) is 2.45. The average molecular weight is 293 g/mol. The first-order valence-electron chi connectivity index (χ1n) is 5.75. The van der Waals surface area contributed by atoms with Crippen LogP contribution in [0.5, 0.6) is 0 Å². The highest BCUT2D eigenvalue weighted by molar-refractivity contribution is 7.98. The second-order valence-corrected chi connectivity index (χ2v) is 5.38. The molecule has 0 saturated carbocycles. The Balaban J connectivity index is 2.13. The summed E-state index contributed by atoms with van der Waals surface area (Å²) in [6.45, 7) is 0. The smallest absolute Gasteiger partial charge is 0.338 e. The van der Waals surface area contributed by atoms with E-state index in [2.05, 4.69) is 0 Å². The summed E-state index contributed by atoms with van der Waals surface area (Å²) in [7, 11) is 1.39. The van der Waals surface area contributed by atoms with Gasteiger partial charge in [0.05, 0.1) is 12.7 Å². The minimum absolute atomic E-state index is 0.303. The monoisotopic (exact) mass is 292 g/mol. The molecule has 0 spiro atoms. The van der Waals surface area contributed by atoms with Gasteiger partial charge in [0.25, 0.3) is 0 Å². The third-order valence-corrected chi connectivity index (χ3v) is 3.89. The molecule has 19 heavy (non-hydrogen) atoms. The molecule has 4 heteroatoms. The molecule has 2 aromatic carbocycles. The molecule has 0 bridgehead atoms. The van der Waals surface area contributed by atoms with Gasteiger partial charge < -0.3 is 4.74 Å². The molecule has 0 aliphatic carbocycles. The maximum absolute atomic E-state index is 11.6. The minimum atomic E-state index is -0.303. The van der Waals surface area contributed by atoms with E-state index in [-0.39, 0.29) is 5.97 Å². The maximum atomic E-state index is 11.6. The van der Waals surface area contributed by atoms with Crippen LogP contribution in [0.4, 0.5) is 0 Å². The van der Waals surface area contributed by atoms with E-state index >= 15 is 0 Å². The van der Waals surface area contributed by atoms with E-state index < -0.39 is 0 Å². The highest BCUT2D eigenvalue weighted by Crippen LogP contribution is 2.26. The molecule has 98 valence electrons. The Morgan fingerprint density at radius 2 is 2.00 bits per heavy atom. The van der Waals surface area contributed by atoms with E-state index in [9.17, 15) is 4.79 Å². The largest absolute Gasteiger partial charge is 0.465 e. The summed E-state index contributed by atoms with van der Waals surface area (Å²) in [6, 6.07) is 15.1. The third kappa shape index (κ3) is 3.75. The number of thioether (sulfide) groups is 1. The molecular formula is C15H13ClO2S. The van der Waals surface area contributed by atoms with Crippen molar-refractivity contribution < 1.29 is 9.53 Å². The van der Waals surface area contributed by atoms with Crippen LogP contribution in [0.2, 0.25) is 5.02 Å². The number of hydrogen-bond acceptors (Lipinski definition) is 3. The van der Waals surface area contributed by atoms with Crippen LogP contribution in [0.1, 0.15) is 15.9 Å². The zero-order chi connectivity index (χ0) is 13.7. The highest BCUT2D eigenvalue weighted by Gasteiger charge is 2.10. The number of carbonyl (C=O) groups excluding carboxylic acids is 1. The number of halogens is 1. The summed E-state index contributed by atoms with van der Waals surface area (Å²) in [5.41, 5.74) is 1.57. The standard InChI is InChI=1S/C15H13ClO2S/c1-18-15(17)14-8-3-2-5-11(14)10-19-13-7-4-6-12(16)9-13/h2-9H,10H2,1H3. The quantitative estimate of drug-likeness (QED) is 0.616. The highest BCUT2D eigenvalue weighted by atomic mass is 35.5. The lowest BCUT2D eigenvalue weighted by atomic mass is 10.1. The van der Waals surface area contributed by atoms with Crippen LogP contribution in [0.3, 0.4) is 0 Å². The minimum Gasteiger partial charge on any atom is -0.465 e. The van der Waals surface area contributed by atoms with Crippen molar-refractivity contribution in [2.24, 2.45) is 0 Å². The molecule has 0 N–H and O–H groups in total. The van der Waals surface area contributed by atoms with Crippen molar-refractivity contribution >= 4 is 29.3 Å². The van der Waals surface area contributed by atoms with Crippen LogP contribution in [0.15, 0.2) is 53.4 Å². The van der Waals surface area contributed by atoms with Gasteiger partial charge in [0.15, 0.2) is 0 Å². The Hall–Kier alpha value is -1.45. The number of carbonyl (C=O) groups is 1. The number of methoxy groups -OCH3 is 1. The summed E-state index contributed by atoms with van der Waals surface area (Å²) in [5.74, 6) is 0.397. The summed E-state index contributed by atoms with van der Waals surface area (Å²) in [5, 5.41) is 0.714. The van der Waals surface area contributed by atoms with Crippen molar-refractivity contribution in [2.45, 2.75) is 10.6 Å².